The molecule has 0 spiro atoms. The Morgan fingerprint density at radius 2 is 1.79 bits per heavy atom. The van der Waals surface area contributed by atoms with E-state index in [1.807, 2.05) is 0 Å². The summed E-state index contributed by atoms with van der Waals surface area (Å²) in [5.41, 5.74) is 0. The Balaban J connectivity index is 1.73. The van der Waals surface area contributed by atoms with Crippen LogP contribution in [0.5, 0.6) is 0 Å². The van der Waals surface area contributed by atoms with Crippen molar-refractivity contribution < 1.29 is 33.6 Å². The second-order valence-electron chi connectivity index (χ2n) is 8.04. The quantitative estimate of drug-likeness (QED) is 0.288. The summed E-state index contributed by atoms with van der Waals surface area (Å²) in [6.45, 7) is 8.14. The Hall–Kier alpha value is -1.64. The van der Waals surface area contributed by atoms with Crippen LogP contribution in [0, 0.1) is 17.8 Å². The molecule has 1 amide bonds. The monoisotopic (exact) mass is 413 g/mol. The average Bonchev–Trinajstić information content (AvgIpc) is 2.65. The van der Waals surface area contributed by atoms with Crippen molar-refractivity contribution in [2.24, 2.45) is 17.8 Å². The fourth-order valence-corrected chi connectivity index (χ4v) is 4.48. The smallest absolute Gasteiger partial charge is 0.309 e. The number of carboxylic acid groups (broad SMARTS) is 1. The lowest BCUT2D eigenvalue weighted by molar-refractivity contribution is -0.174. The molecule has 2 saturated carbocycles. The minimum atomic E-state index is -0.802. The molecule has 0 radical (unpaired) electrons. The van der Waals surface area contributed by atoms with Crippen LogP contribution in [0.3, 0.4) is 0 Å². The lowest BCUT2D eigenvalue weighted by atomic mass is 9.64. The van der Waals surface area contributed by atoms with Crippen LogP contribution in [0.1, 0.15) is 52.4 Å². The van der Waals surface area contributed by atoms with Crippen LogP contribution in [0.25, 0.3) is 0 Å². The van der Waals surface area contributed by atoms with Crippen LogP contribution >= 0.6 is 0 Å². The molecule has 2 N–H and O–H groups in total. The van der Waals surface area contributed by atoms with Crippen molar-refractivity contribution in [2.45, 2.75) is 64.5 Å². The number of hydrogen-bond donors (Lipinski definition) is 2. The van der Waals surface area contributed by atoms with E-state index in [0.717, 1.165) is 25.7 Å². The van der Waals surface area contributed by atoms with E-state index in [-0.39, 0.29) is 37.6 Å². The predicted octanol–water partition coefficient (Wildman–Crippen LogP) is 2.68. The second kappa shape index (κ2) is 12.1. The van der Waals surface area contributed by atoms with Crippen molar-refractivity contribution in [2.75, 3.05) is 26.8 Å². The topological polar surface area (TPSA) is 103 Å². The van der Waals surface area contributed by atoms with E-state index >= 15 is 0 Å². The van der Waals surface area contributed by atoms with Crippen LogP contribution in [-0.2, 0) is 28.5 Å². The summed E-state index contributed by atoms with van der Waals surface area (Å²) < 4.78 is 21.9. The highest BCUT2D eigenvalue weighted by atomic mass is 16.7. The van der Waals surface area contributed by atoms with E-state index < -0.39 is 11.9 Å². The normalized spacial score (nSPS) is 29.0. The number of ether oxygens (including phenoxy) is 4. The van der Waals surface area contributed by atoms with Crippen molar-refractivity contribution in [3.63, 3.8) is 0 Å². The Labute approximate surface area is 172 Å². The average molecular weight is 414 g/mol. The van der Waals surface area contributed by atoms with Gasteiger partial charge in [-0.25, -0.2) is 0 Å². The lowest BCUT2D eigenvalue weighted by Crippen LogP contribution is -2.49. The number of fused-ring (bicyclic) bond motifs is 1. The molecule has 0 aliphatic heterocycles. The molecule has 0 saturated heterocycles. The van der Waals surface area contributed by atoms with Crippen molar-refractivity contribution in [3.05, 3.63) is 12.3 Å². The molecular formula is C21H35NO7. The molecule has 2 fully saturated rings. The van der Waals surface area contributed by atoms with Gasteiger partial charge in [0.15, 0.2) is 6.79 Å². The summed E-state index contributed by atoms with van der Waals surface area (Å²) in [6, 6.07) is 0.181. The van der Waals surface area contributed by atoms with Crippen molar-refractivity contribution in [3.8, 4) is 0 Å². The largest absolute Gasteiger partial charge is 0.481 e. The van der Waals surface area contributed by atoms with Crippen LogP contribution in [-0.4, -0.2) is 55.9 Å². The minimum Gasteiger partial charge on any atom is -0.481 e. The van der Waals surface area contributed by atoms with Gasteiger partial charge in [0.1, 0.15) is 6.79 Å². The maximum atomic E-state index is 11.7. The number of hydrogen-bond acceptors (Lipinski definition) is 6. The van der Waals surface area contributed by atoms with Gasteiger partial charge in [-0.3, -0.25) is 9.59 Å². The van der Waals surface area contributed by atoms with E-state index in [9.17, 15) is 14.7 Å². The first-order chi connectivity index (χ1) is 13.9. The maximum absolute atomic E-state index is 11.7. The number of aliphatic carboxylic acids is 1. The summed E-state index contributed by atoms with van der Waals surface area (Å²) in [4.78, 5) is 23.1. The zero-order chi connectivity index (χ0) is 21.2. The molecule has 0 aromatic carbocycles. The lowest BCUT2D eigenvalue weighted by Gasteiger charge is -2.45. The number of allylic oxidation sites excluding steroid dienone is 1. The van der Waals surface area contributed by atoms with E-state index in [0.29, 0.717) is 37.7 Å². The van der Waals surface area contributed by atoms with E-state index in [2.05, 4.69) is 11.9 Å². The van der Waals surface area contributed by atoms with Gasteiger partial charge in [0.2, 0.25) is 5.91 Å². The van der Waals surface area contributed by atoms with Crippen molar-refractivity contribution in [1.29, 1.82) is 0 Å². The third-order valence-corrected chi connectivity index (χ3v) is 5.74. The number of carbonyl (C=O) groups excluding carboxylic acids is 1. The maximum Gasteiger partial charge on any atom is 0.309 e. The third-order valence-electron chi connectivity index (χ3n) is 5.74. The number of rotatable bonds is 12. The van der Waals surface area contributed by atoms with Crippen LogP contribution in [0.4, 0.5) is 0 Å². The second-order valence-corrected chi connectivity index (χ2v) is 8.04. The van der Waals surface area contributed by atoms with Gasteiger partial charge in [-0.1, -0.05) is 6.58 Å². The first kappa shape index (κ1) is 23.6. The van der Waals surface area contributed by atoms with Gasteiger partial charge in [0.05, 0.1) is 31.0 Å². The third kappa shape index (κ3) is 7.95. The summed E-state index contributed by atoms with van der Waals surface area (Å²) in [7, 11) is 0. The summed E-state index contributed by atoms with van der Waals surface area (Å²) >= 11 is 0. The highest BCUT2D eigenvalue weighted by Gasteiger charge is 2.45. The van der Waals surface area contributed by atoms with Gasteiger partial charge in [0.25, 0.3) is 0 Å². The molecule has 29 heavy (non-hydrogen) atoms. The van der Waals surface area contributed by atoms with E-state index in [4.69, 9.17) is 18.9 Å². The van der Waals surface area contributed by atoms with E-state index in [1.165, 1.54) is 6.92 Å². The van der Waals surface area contributed by atoms with Gasteiger partial charge in [-0.05, 0) is 57.3 Å². The molecular weight excluding hydrogens is 378 g/mol. The number of carboxylic acids is 1. The van der Waals surface area contributed by atoms with Crippen LogP contribution < -0.4 is 5.32 Å². The van der Waals surface area contributed by atoms with Gasteiger partial charge < -0.3 is 29.4 Å². The van der Waals surface area contributed by atoms with E-state index in [1.54, 1.807) is 6.92 Å². The molecule has 5 unspecified atom stereocenters. The minimum absolute atomic E-state index is 0.0101. The molecule has 8 heteroatoms. The number of amides is 1. The molecule has 0 bridgehead atoms. The summed E-state index contributed by atoms with van der Waals surface area (Å²) in [5, 5.41) is 12.6. The fraction of sp³-hybridized carbons (Fsp3) is 0.810. The standard InChI is InChI=1S/C21H35NO7/c1-14(2)28-12-26-9-4-10-27-13-29-20-18-8-6-17(22-15(3)23)11-16(18)5-7-19(20)21(24)25/h16-20H,1,4-13H2,2-3H3,(H,22,23)(H,24,25). The zero-order valence-corrected chi connectivity index (χ0v) is 17.6. The molecule has 2 aliphatic carbocycles. The van der Waals surface area contributed by atoms with Crippen molar-refractivity contribution >= 4 is 11.9 Å². The highest BCUT2D eigenvalue weighted by molar-refractivity contribution is 5.73. The molecule has 0 aromatic rings. The fourth-order valence-electron chi connectivity index (χ4n) is 4.48. The predicted molar refractivity (Wildman–Crippen MR) is 106 cm³/mol. The molecule has 2 rings (SSSR count). The zero-order valence-electron chi connectivity index (χ0n) is 17.6. The summed E-state index contributed by atoms with van der Waals surface area (Å²) in [5.74, 6) is -0.129. The van der Waals surface area contributed by atoms with Crippen molar-refractivity contribution in [1.82, 2.24) is 5.32 Å². The summed E-state index contributed by atoms with van der Waals surface area (Å²) in [6.07, 6.45) is 4.43. The molecule has 166 valence electrons. The molecule has 5 atom stereocenters. The Bertz CT molecular complexity index is 553. The van der Waals surface area contributed by atoms with Gasteiger partial charge >= 0.3 is 5.97 Å². The van der Waals surface area contributed by atoms with Crippen LogP contribution in [0.2, 0.25) is 0 Å². The molecule has 0 heterocycles. The van der Waals surface area contributed by atoms with Gasteiger partial charge in [-0.15, -0.1) is 0 Å². The Morgan fingerprint density at radius 3 is 2.45 bits per heavy atom. The first-order valence-corrected chi connectivity index (χ1v) is 10.4. The number of nitrogens with one attached hydrogen (secondary N) is 1. The van der Waals surface area contributed by atoms with Gasteiger partial charge in [0, 0.05) is 13.0 Å². The first-order valence-electron chi connectivity index (χ1n) is 10.4. The number of carbonyl (C=O) groups is 2. The SMILES string of the molecule is C=C(C)OCOCCCOCOC1C(C(=O)O)CCC2CC(NC(C)=O)CCC21. The van der Waals surface area contributed by atoms with Gasteiger partial charge in [-0.2, -0.15) is 0 Å². The molecule has 2 aliphatic rings. The Kier molecular flexibility index (Phi) is 9.90. The highest BCUT2D eigenvalue weighted by Crippen LogP contribution is 2.44. The molecule has 8 nitrogen and oxygen atoms in total. The Morgan fingerprint density at radius 1 is 1.07 bits per heavy atom. The molecule has 0 aromatic heterocycles. The van der Waals surface area contributed by atoms with Crippen LogP contribution in [0.15, 0.2) is 12.3 Å².